The van der Waals surface area contributed by atoms with Gasteiger partial charge in [0.15, 0.2) is 9.84 Å². The van der Waals surface area contributed by atoms with Crippen molar-refractivity contribution in [3.05, 3.63) is 96.1 Å². The fourth-order valence-electron chi connectivity index (χ4n) is 3.31. The van der Waals surface area contributed by atoms with Gasteiger partial charge in [0.05, 0.1) is 11.4 Å². The summed E-state index contributed by atoms with van der Waals surface area (Å²) in [6.45, 7) is 1.88. The summed E-state index contributed by atoms with van der Waals surface area (Å²) in [5, 5.41) is -0.754. The molecule has 5 heteroatoms. The van der Waals surface area contributed by atoms with Crippen molar-refractivity contribution < 1.29 is 8.42 Å². The summed E-state index contributed by atoms with van der Waals surface area (Å²) in [4.78, 5) is 8.26. The first-order chi connectivity index (χ1) is 12.6. The van der Waals surface area contributed by atoms with Crippen LogP contribution in [0.15, 0.2) is 79.3 Å². The van der Waals surface area contributed by atoms with Crippen LogP contribution < -0.4 is 0 Å². The van der Waals surface area contributed by atoms with E-state index in [1.807, 2.05) is 67.6 Å². The van der Waals surface area contributed by atoms with E-state index in [1.165, 1.54) is 6.33 Å². The predicted octanol–water partition coefficient (Wildman–Crippen LogP) is 4.17. The summed E-state index contributed by atoms with van der Waals surface area (Å²) in [7, 11) is -3.41. The summed E-state index contributed by atoms with van der Waals surface area (Å²) in [6.07, 6.45) is 3.58. The maximum atomic E-state index is 13.3. The highest BCUT2D eigenvalue weighted by Crippen LogP contribution is 2.41. The van der Waals surface area contributed by atoms with Gasteiger partial charge in [0, 0.05) is 12.1 Å². The molecule has 26 heavy (non-hydrogen) atoms. The van der Waals surface area contributed by atoms with Gasteiger partial charge in [-0.05, 0) is 23.6 Å². The van der Waals surface area contributed by atoms with Gasteiger partial charge in [0.1, 0.15) is 11.6 Å². The van der Waals surface area contributed by atoms with Gasteiger partial charge >= 0.3 is 0 Å². The van der Waals surface area contributed by atoms with Crippen LogP contribution in [0.25, 0.3) is 0 Å². The summed E-state index contributed by atoms with van der Waals surface area (Å²) < 4.78 is 26.5. The van der Waals surface area contributed by atoms with Crippen molar-refractivity contribution in [2.45, 2.75) is 24.5 Å². The zero-order valence-electron chi connectivity index (χ0n) is 14.7. The Labute approximate surface area is 154 Å². The fourth-order valence-corrected chi connectivity index (χ4v) is 5.36. The van der Waals surface area contributed by atoms with Crippen molar-refractivity contribution in [2.75, 3.05) is 5.75 Å². The van der Waals surface area contributed by atoms with Crippen LogP contribution in [0.5, 0.6) is 0 Å². The molecule has 0 radical (unpaired) electrons. The Morgan fingerprint density at radius 3 is 1.92 bits per heavy atom. The number of aromatic nitrogens is 2. The van der Waals surface area contributed by atoms with Crippen molar-refractivity contribution >= 4 is 9.84 Å². The normalized spacial score (nSPS) is 12.8. The first-order valence-corrected chi connectivity index (χ1v) is 10.4. The van der Waals surface area contributed by atoms with Crippen molar-refractivity contribution in [3.63, 3.8) is 0 Å². The van der Waals surface area contributed by atoms with E-state index in [4.69, 9.17) is 0 Å². The molecule has 1 atom stereocenters. The van der Waals surface area contributed by atoms with E-state index >= 15 is 0 Å². The minimum absolute atomic E-state index is 0.123. The van der Waals surface area contributed by atoms with E-state index in [9.17, 15) is 8.42 Å². The average molecular weight is 366 g/mol. The summed E-state index contributed by atoms with van der Waals surface area (Å²) >= 11 is 0. The highest BCUT2D eigenvalue weighted by molar-refractivity contribution is 7.91. The molecule has 0 spiro atoms. The van der Waals surface area contributed by atoms with Crippen LogP contribution in [0.1, 0.15) is 41.3 Å². The lowest BCUT2D eigenvalue weighted by Gasteiger charge is -2.27. The molecule has 0 N–H and O–H groups in total. The molecule has 0 aliphatic heterocycles. The smallest absolute Gasteiger partial charge is 0.159 e. The molecule has 0 aliphatic rings. The zero-order valence-corrected chi connectivity index (χ0v) is 15.5. The minimum atomic E-state index is -3.41. The van der Waals surface area contributed by atoms with E-state index in [1.54, 1.807) is 12.3 Å². The molecule has 3 rings (SSSR count). The fraction of sp³-hybridized carbons (Fsp3) is 0.238. The van der Waals surface area contributed by atoms with Crippen LogP contribution in [0.3, 0.4) is 0 Å². The molecule has 0 aliphatic carbocycles. The van der Waals surface area contributed by atoms with Crippen LogP contribution >= 0.6 is 0 Å². The number of hydrogen-bond donors (Lipinski definition) is 0. The van der Waals surface area contributed by atoms with Crippen molar-refractivity contribution in [1.29, 1.82) is 0 Å². The molecule has 4 nitrogen and oxygen atoms in total. The first kappa shape index (κ1) is 18.3. The van der Waals surface area contributed by atoms with Crippen LogP contribution in [-0.2, 0) is 9.84 Å². The number of benzene rings is 2. The Morgan fingerprint density at radius 1 is 0.885 bits per heavy atom. The van der Waals surface area contributed by atoms with Gasteiger partial charge in [-0.2, -0.15) is 0 Å². The predicted molar refractivity (Wildman–Crippen MR) is 104 cm³/mol. The lowest BCUT2D eigenvalue weighted by molar-refractivity contribution is 0.567. The van der Waals surface area contributed by atoms with Gasteiger partial charge in [-0.25, -0.2) is 18.4 Å². The average Bonchev–Trinajstić information content (AvgIpc) is 2.68. The van der Waals surface area contributed by atoms with Gasteiger partial charge in [0.25, 0.3) is 0 Å². The molecule has 3 aromatic rings. The third-order valence-corrected chi connectivity index (χ3v) is 6.66. The molecular formula is C21H22N2O2S. The molecule has 0 bridgehead atoms. The quantitative estimate of drug-likeness (QED) is 0.629. The van der Waals surface area contributed by atoms with E-state index in [2.05, 4.69) is 9.97 Å². The molecule has 0 fully saturated rings. The molecule has 0 saturated carbocycles. The minimum Gasteiger partial charge on any atom is -0.245 e. The summed E-state index contributed by atoms with van der Waals surface area (Å²) in [5.74, 6) is -0.207. The van der Waals surface area contributed by atoms with Gasteiger partial charge in [0.2, 0.25) is 0 Å². The second-order valence-corrected chi connectivity index (χ2v) is 8.46. The molecule has 1 aromatic heterocycles. The number of nitrogens with zero attached hydrogens (tertiary/aromatic N) is 2. The SMILES string of the molecule is CCCS(=O)(=O)C(c1ccncn1)C(c1ccccc1)c1ccccc1. The van der Waals surface area contributed by atoms with Gasteiger partial charge in [-0.1, -0.05) is 67.6 Å². The Morgan fingerprint density at radius 2 is 1.46 bits per heavy atom. The lowest BCUT2D eigenvalue weighted by Crippen LogP contribution is -2.25. The van der Waals surface area contributed by atoms with Crippen molar-refractivity contribution in [1.82, 2.24) is 9.97 Å². The third-order valence-electron chi connectivity index (χ3n) is 4.39. The molecule has 2 aromatic carbocycles. The maximum absolute atomic E-state index is 13.3. The molecular weight excluding hydrogens is 344 g/mol. The maximum Gasteiger partial charge on any atom is 0.159 e. The van der Waals surface area contributed by atoms with Crippen LogP contribution in [0.4, 0.5) is 0 Å². The third kappa shape index (κ3) is 3.99. The molecule has 0 saturated heterocycles. The Hall–Kier alpha value is -2.53. The number of sulfone groups is 1. The Bertz CT molecular complexity index is 874. The van der Waals surface area contributed by atoms with Gasteiger partial charge in [-0.15, -0.1) is 0 Å². The first-order valence-electron chi connectivity index (χ1n) is 8.71. The van der Waals surface area contributed by atoms with Crippen LogP contribution in [0.2, 0.25) is 0 Å². The zero-order chi connectivity index (χ0) is 18.4. The van der Waals surface area contributed by atoms with Gasteiger partial charge < -0.3 is 0 Å². The van der Waals surface area contributed by atoms with Gasteiger partial charge in [-0.3, -0.25) is 0 Å². The Kier molecular flexibility index (Phi) is 5.78. The number of hydrogen-bond acceptors (Lipinski definition) is 4. The molecule has 1 heterocycles. The van der Waals surface area contributed by atoms with E-state index in [-0.39, 0.29) is 11.7 Å². The second kappa shape index (κ2) is 8.23. The highest BCUT2D eigenvalue weighted by Gasteiger charge is 2.37. The van der Waals surface area contributed by atoms with Crippen molar-refractivity contribution in [3.8, 4) is 0 Å². The largest absolute Gasteiger partial charge is 0.245 e. The van der Waals surface area contributed by atoms with E-state index < -0.39 is 15.1 Å². The van der Waals surface area contributed by atoms with Crippen LogP contribution in [-0.4, -0.2) is 24.1 Å². The topological polar surface area (TPSA) is 59.9 Å². The highest BCUT2D eigenvalue weighted by atomic mass is 32.2. The van der Waals surface area contributed by atoms with E-state index in [0.717, 1.165) is 11.1 Å². The van der Waals surface area contributed by atoms with Crippen LogP contribution in [0, 0.1) is 0 Å². The molecule has 1 unspecified atom stereocenters. The monoisotopic (exact) mass is 366 g/mol. The lowest BCUT2D eigenvalue weighted by atomic mass is 9.87. The number of rotatable bonds is 7. The molecule has 134 valence electrons. The van der Waals surface area contributed by atoms with E-state index in [0.29, 0.717) is 12.1 Å². The second-order valence-electron chi connectivity index (χ2n) is 6.22. The Balaban J connectivity index is 2.23. The van der Waals surface area contributed by atoms with Crippen molar-refractivity contribution in [2.24, 2.45) is 0 Å². The summed E-state index contributed by atoms with van der Waals surface area (Å²) in [6, 6.07) is 21.3. The summed E-state index contributed by atoms with van der Waals surface area (Å²) in [5.41, 5.74) is 2.45. The standard InChI is InChI=1S/C21H22N2O2S/c1-2-15-26(24,25)21(19-13-14-22-16-23-19)20(17-9-5-3-6-10-17)18-11-7-4-8-12-18/h3-14,16,20-21H,2,15H2,1H3. The molecule has 0 amide bonds.